The summed E-state index contributed by atoms with van der Waals surface area (Å²) in [5.74, 6) is 0.214. The summed E-state index contributed by atoms with van der Waals surface area (Å²) in [7, 11) is 0. The molecule has 1 rings (SSSR count). The van der Waals surface area contributed by atoms with Gasteiger partial charge in [-0.2, -0.15) is 0 Å². The quantitative estimate of drug-likeness (QED) is 0.531. The largest absolute Gasteiger partial charge is 0.481 e. The summed E-state index contributed by atoms with van der Waals surface area (Å²) in [6.45, 7) is 0. The number of hydrogen-bond donors (Lipinski definition) is 2. The van der Waals surface area contributed by atoms with Gasteiger partial charge in [-0.15, -0.1) is 0 Å². The van der Waals surface area contributed by atoms with Crippen LogP contribution in [0.3, 0.4) is 0 Å². The zero-order chi connectivity index (χ0) is 5.98. The van der Waals surface area contributed by atoms with Crippen molar-refractivity contribution in [2.75, 3.05) is 0 Å². The van der Waals surface area contributed by atoms with E-state index in [0.717, 1.165) is 6.21 Å². The molecule has 0 aliphatic heterocycles. The van der Waals surface area contributed by atoms with Gasteiger partial charge in [0.25, 0.3) is 5.95 Å². The van der Waals surface area contributed by atoms with Crippen molar-refractivity contribution in [1.29, 1.82) is 5.41 Å². The molecule has 0 spiro atoms. The monoisotopic (exact) mass is 111 g/mol. The minimum absolute atomic E-state index is 0.150. The molecule has 0 radical (unpaired) electrons. The van der Waals surface area contributed by atoms with Gasteiger partial charge in [0.15, 0.2) is 0 Å². The van der Waals surface area contributed by atoms with E-state index >= 15 is 0 Å². The molecule has 0 atom stereocenters. The van der Waals surface area contributed by atoms with E-state index in [1.54, 1.807) is 0 Å². The maximum Gasteiger partial charge on any atom is 0.282 e. The molecule has 42 valence electrons. The molecule has 3 heteroatoms. The summed E-state index contributed by atoms with van der Waals surface area (Å²) in [5.41, 5.74) is 0. The molecule has 8 heavy (non-hydrogen) atoms. The highest BCUT2D eigenvalue weighted by molar-refractivity contribution is 5.72. The third kappa shape index (κ3) is 0.703. The third-order valence-electron chi connectivity index (χ3n) is 0.755. The van der Waals surface area contributed by atoms with E-state index in [-0.39, 0.29) is 5.95 Å². The van der Waals surface area contributed by atoms with Gasteiger partial charge < -0.3 is 14.9 Å². The average molecular weight is 111 g/mol. The van der Waals surface area contributed by atoms with Gasteiger partial charge in [-0.25, -0.2) is 0 Å². The smallest absolute Gasteiger partial charge is 0.282 e. The Morgan fingerprint density at radius 2 is 2.38 bits per heavy atom. The Hall–Kier alpha value is -1.25. The molecule has 0 saturated carbocycles. The summed E-state index contributed by atoms with van der Waals surface area (Å²) in [4.78, 5) is 0. The lowest BCUT2D eigenvalue weighted by molar-refractivity contribution is 0.331. The predicted octanol–water partition coefficient (Wildman–Crippen LogP) is 0.983. The van der Waals surface area contributed by atoms with E-state index in [2.05, 4.69) is 4.42 Å². The Bertz CT molecular complexity index is 192. The van der Waals surface area contributed by atoms with E-state index in [1.165, 1.54) is 12.1 Å². The molecule has 0 aliphatic rings. The molecular weight excluding hydrogens is 106 g/mol. The molecule has 3 nitrogen and oxygen atoms in total. The molecule has 0 fully saturated rings. The second-order valence-electron chi connectivity index (χ2n) is 1.32. The van der Waals surface area contributed by atoms with Crippen LogP contribution in [0.15, 0.2) is 16.5 Å². The van der Waals surface area contributed by atoms with Crippen LogP contribution >= 0.6 is 0 Å². The number of aromatic hydroxyl groups is 1. The van der Waals surface area contributed by atoms with Crippen LogP contribution in [-0.4, -0.2) is 11.3 Å². The summed E-state index contributed by atoms with van der Waals surface area (Å²) in [5, 5.41) is 15.1. The van der Waals surface area contributed by atoms with Crippen LogP contribution in [0.2, 0.25) is 0 Å². The predicted molar refractivity (Wildman–Crippen MR) is 28.3 cm³/mol. The second-order valence-corrected chi connectivity index (χ2v) is 1.32. The fraction of sp³-hybridized carbons (Fsp3) is 0. The molecule has 1 aromatic rings. The molecule has 1 heterocycles. The second kappa shape index (κ2) is 1.69. The maximum atomic E-state index is 8.51. The van der Waals surface area contributed by atoms with Crippen LogP contribution in [0.4, 0.5) is 0 Å². The topological polar surface area (TPSA) is 57.2 Å². The van der Waals surface area contributed by atoms with E-state index in [1.807, 2.05) is 0 Å². The average Bonchev–Trinajstić information content (AvgIpc) is 2.14. The van der Waals surface area contributed by atoms with Crippen molar-refractivity contribution in [1.82, 2.24) is 0 Å². The number of rotatable bonds is 1. The number of hydrogen-bond acceptors (Lipinski definition) is 3. The summed E-state index contributed by atoms with van der Waals surface area (Å²) in [6.07, 6.45) is 1.03. The first kappa shape index (κ1) is 4.90. The zero-order valence-corrected chi connectivity index (χ0v) is 4.09. The lowest BCUT2D eigenvalue weighted by atomic mass is 10.5. The van der Waals surface area contributed by atoms with Gasteiger partial charge in [-0.05, 0) is 6.07 Å². The van der Waals surface area contributed by atoms with Gasteiger partial charge >= 0.3 is 0 Å². The molecule has 0 saturated heterocycles. The highest BCUT2D eigenvalue weighted by Crippen LogP contribution is 2.10. The van der Waals surface area contributed by atoms with Crippen LogP contribution < -0.4 is 0 Å². The molecule has 0 aliphatic carbocycles. The van der Waals surface area contributed by atoms with Crippen molar-refractivity contribution in [2.45, 2.75) is 0 Å². The molecule has 0 bridgehead atoms. The Labute approximate surface area is 46.1 Å². The lowest BCUT2D eigenvalue weighted by Crippen LogP contribution is -1.65. The van der Waals surface area contributed by atoms with Crippen LogP contribution in [-0.2, 0) is 0 Å². The third-order valence-corrected chi connectivity index (χ3v) is 0.755. The molecule has 0 unspecified atom stereocenters. The Balaban J connectivity index is 3.00. The van der Waals surface area contributed by atoms with Crippen LogP contribution in [0, 0.1) is 5.41 Å². The zero-order valence-electron chi connectivity index (χ0n) is 4.09. The highest BCUT2D eigenvalue weighted by atomic mass is 16.5. The van der Waals surface area contributed by atoms with Crippen molar-refractivity contribution < 1.29 is 9.52 Å². The fourth-order valence-electron chi connectivity index (χ4n) is 0.420. The van der Waals surface area contributed by atoms with Gasteiger partial charge in [-0.3, -0.25) is 0 Å². The van der Waals surface area contributed by atoms with E-state index < -0.39 is 0 Å². The first-order valence-electron chi connectivity index (χ1n) is 2.12. The van der Waals surface area contributed by atoms with Crippen molar-refractivity contribution in [2.24, 2.45) is 0 Å². The molecular formula is C5H5NO2. The number of nitrogens with one attached hydrogen (secondary N) is 1. The van der Waals surface area contributed by atoms with Crippen LogP contribution in [0.5, 0.6) is 5.95 Å². The Morgan fingerprint density at radius 1 is 1.62 bits per heavy atom. The number of furan rings is 1. The van der Waals surface area contributed by atoms with E-state index in [0.29, 0.717) is 5.76 Å². The van der Waals surface area contributed by atoms with Gasteiger partial charge in [0, 0.05) is 6.07 Å². The lowest BCUT2D eigenvalue weighted by Gasteiger charge is -1.76. The minimum Gasteiger partial charge on any atom is -0.481 e. The van der Waals surface area contributed by atoms with Gasteiger partial charge in [0.1, 0.15) is 5.76 Å². The minimum atomic E-state index is -0.150. The summed E-state index contributed by atoms with van der Waals surface area (Å²) >= 11 is 0. The normalized spacial score (nSPS) is 9.00. The Kier molecular flexibility index (Phi) is 1.04. The van der Waals surface area contributed by atoms with Gasteiger partial charge in [0.05, 0.1) is 6.21 Å². The van der Waals surface area contributed by atoms with Gasteiger partial charge in [0.2, 0.25) is 0 Å². The van der Waals surface area contributed by atoms with Crippen molar-refractivity contribution in [3.05, 3.63) is 17.9 Å². The van der Waals surface area contributed by atoms with Crippen LogP contribution in [0.1, 0.15) is 5.76 Å². The summed E-state index contributed by atoms with van der Waals surface area (Å²) < 4.78 is 4.55. The fourth-order valence-corrected chi connectivity index (χ4v) is 0.420. The SMILES string of the molecule is N=Cc1ccc(O)o1. The highest BCUT2D eigenvalue weighted by Gasteiger charge is 1.92. The molecule has 0 amide bonds. The molecule has 0 aromatic carbocycles. The molecule has 2 N–H and O–H groups in total. The summed E-state index contributed by atoms with van der Waals surface area (Å²) in [6, 6.07) is 2.91. The van der Waals surface area contributed by atoms with Crippen molar-refractivity contribution >= 4 is 6.21 Å². The maximum absolute atomic E-state index is 8.51. The van der Waals surface area contributed by atoms with E-state index in [4.69, 9.17) is 10.5 Å². The van der Waals surface area contributed by atoms with Crippen LogP contribution in [0.25, 0.3) is 0 Å². The first-order valence-corrected chi connectivity index (χ1v) is 2.12. The van der Waals surface area contributed by atoms with E-state index in [9.17, 15) is 0 Å². The molecule has 1 aromatic heterocycles. The Morgan fingerprint density at radius 3 is 2.62 bits per heavy atom. The standard InChI is InChI=1S/C5H5NO2/c6-3-4-1-2-5(7)8-4/h1-3,6-7H. The van der Waals surface area contributed by atoms with Crippen molar-refractivity contribution in [3.63, 3.8) is 0 Å². The van der Waals surface area contributed by atoms with Gasteiger partial charge in [-0.1, -0.05) is 0 Å². The first-order chi connectivity index (χ1) is 3.83. The van der Waals surface area contributed by atoms with Crippen molar-refractivity contribution in [3.8, 4) is 5.95 Å².